The Hall–Kier alpha value is -0.950. The Bertz CT molecular complexity index is 280. The van der Waals surface area contributed by atoms with Gasteiger partial charge in [-0.15, -0.1) is 0 Å². The molecule has 2 N–H and O–H groups in total. The Balaban J connectivity index is 2.60. The van der Waals surface area contributed by atoms with Crippen LogP contribution in [0.3, 0.4) is 0 Å². The van der Waals surface area contributed by atoms with Gasteiger partial charge in [0.2, 0.25) is 11.7 Å². The van der Waals surface area contributed by atoms with Crippen LogP contribution >= 0.6 is 0 Å². The minimum Gasteiger partial charge on any atom is -0.385 e. The number of hydrogen-bond acceptors (Lipinski definition) is 5. The molecule has 6 heteroatoms. The summed E-state index contributed by atoms with van der Waals surface area (Å²) in [4.78, 5) is 10.7. The smallest absolute Gasteiger partial charge is 0.219 e. The fourth-order valence-corrected chi connectivity index (χ4v) is 1.42. The van der Waals surface area contributed by atoms with E-state index in [2.05, 4.69) is 5.32 Å². The average Bonchev–Trinajstić information content (AvgIpc) is 2.70. The maximum atomic E-state index is 10.7. The second kappa shape index (κ2) is 5.40. The van der Waals surface area contributed by atoms with E-state index >= 15 is 0 Å². The van der Waals surface area contributed by atoms with Gasteiger partial charge in [0.05, 0.1) is 0 Å². The van der Waals surface area contributed by atoms with E-state index in [1.54, 1.807) is 12.2 Å². The van der Waals surface area contributed by atoms with Gasteiger partial charge in [-0.3, -0.25) is 4.79 Å². The summed E-state index contributed by atoms with van der Waals surface area (Å²) < 4.78 is 15.5. The minimum atomic E-state index is -1.26. The molecule has 1 heterocycles. The molecular formula is C10H17NO5. The molecule has 16 heavy (non-hydrogen) atoms. The molecule has 3 unspecified atom stereocenters. The minimum absolute atomic E-state index is 0.0456. The van der Waals surface area contributed by atoms with Crippen LogP contribution in [0, 0.1) is 0 Å². The van der Waals surface area contributed by atoms with E-state index in [4.69, 9.17) is 14.2 Å². The van der Waals surface area contributed by atoms with E-state index in [1.807, 2.05) is 0 Å². The number of ether oxygens (including phenoxy) is 3. The van der Waals surface area contributed by atoms with E-state index < -0.39 is 18.2 Å². The van der Waals surface area contributed by atoms with E-state index in [1.165, 1.54) is 21.1 Å². The molecule has 0 aromatic heterocycles. The van der Waals surface area contributed by atoms with Crippen molar-refractivity contribution in [3.63, 3.8) is 0 Å². The number of rotatable bonds is 5. The number of nitrogens with one attached hydrogen (secondary N) is 1. The van der Waals surface area contributed by atoms with Crippen LogP contribution in [0.15, 0.2) is 12.2 Å². The highest BCUT2D eigenvalue weighted by atomic mass is 16.8. The van der Waals surface area contributed by atoms with Crippen molar-refractivity contribution >= 4 is 5.91 Å². The lowest BCUT2D eigenvalue weighted by atomic mass is 10.1. The Morgan fingerprint density at radius 2 is 2.38 bits per heavy atom. The van der Waals surface area contributed by atoms with E-state index in [0.717, 1.165) is 0 Å². The lowest BCUT2D eigenvalue weighted by Crippen LogP contribution is -2.49. The normalized spacial score (nSPS) is 30.4. The summed E-state index contributed by atoms with van der Waals surface area (Å²) in [5.74, 6) is -1.49. The molecule has 1 aliphatic rings. The molecular weight excluding hydrogens is 214 g/mol. The van der Waals surface area contributed by atoms with Crippen LogP contribution in [-0.2, 0) is 19.0 Å². The number of aliphatic hydroxyl groups excluding tert-OH is 1. The van der Waals surface area contributed by atoms with Crippen LogP contribution in [-0.4, -0.2) is 50.0 Å². The van der Waals surface area contributed by atoms with Crippen molar-refractivity contribution in [2.75, 3.05) is 20.8 Å². The molecule has 0 radical (unpaired) electrons. The molecule has 6 nitrogen and oxygen atoms in total. The molecule has 3 atom stereocenters. The molecule has 1 rings (SSSR count). The molecule has 0 saturated heterocycles. The van der Waals surface area contributed by atoms with Gasteiger partial charge in [0, 0.05) is 27.7 Å². The highest BCUT2D eigenvalue weighted by Gasteiger charge is 2.42. The zero-order valence-electron chi connectivity index (χ0n) is 9.60. The topological polar surface area (TPSA) is 77.0 Å². The van der Waals surface area contributed by atoms with Crippen molar-refractivity contribution in [2.45, 2.75) is 25.1 Å². The molecule has 0 spiro atoms. The highest BCUT2D eigenvalue weighted by molar-refractivity contribution is 5.72. The first-order valence-corrected chi connectivity index (χ1v) is 4.91. The van der Waals surface area contributed by atoms with Gasteiger partial charge >= 0.3 is 0 Å². The summed E-state index contributed by atoms with van der Waals surface area (Å²) >= 11 is 0. The van der Waals surface area contributed by atoms with Crippen molar-refractivity contribution in [3.05, 3.63) is 12.2 Å². The number of amides is 1. The summed E-state index contributed by atoms with van der Waals surface area (Å²) in [6.45, 7) is 1.42. The first kappa shape index (κ1) is 13.1. The fraction of sp³-hybridized carbons (Fsp3) is 0.700. The van der Waals surface area contributed by atoms with E-state index in [0.29, 0.717) is 0 Å². The van der Waals surface area contributed by atoms with Gasteiger partial charge in [0.15, 0.2) is 6.29 Å². The molecule has 0 aromatic rings. The van der Waals surface area contributed by atoms with Crippen LogP contribution in [0.25, 0.3) is 0 Å². The van der Waals surface area contributed by atoms with Crippen molar-refractivity contribution in [2.24, 2.45) is 0 Å². The third-order valence-electron chi connectivity index (χ3n) is 2.35. The number of hydrogen-bond donors (Lipinski definition) is 2. The maximum absolute atomic E-state index is 10.7. The predicted molar refractivity (Wildman–Crippen MR) is 55.5 cm³/mol. The summed E-state index contributed by atoms with van der Waals surface area (Å²) in [6.07, 6.45) is 1.67. The fourth-order valence-electron chi connectivity index (χ4n) is 1.42. The molecule has 0 aromatic carbocycles. The first-order chi connectivity index (χ1) is 7.54. The first-order valence-electron chi connectivity index (χ1n) is 4.91. The molecule has 1 amide bonds. The predicted octanol–water partition coefficient (Wildman–Crippen LogP) is -0.615. The summed E-state index contributed by atoms with van der Waals surface area (Å²) in [7, 11) is 2.90. The second-order valence-electron chi connectivity index (χ2n) is 3.46. The second-order valence-corrected chi connectivity index (χ2v) is 3.46. The van der Waals surface area contributed by atoms with Crippen molar-refractivity contribution in [1.29, 1.82) is 0 Å². The van der Waals surface area contributed by atoms with E-state index in [9.17, 15) is 9.90 Å². The maximum Gasteiger partial charge on any atom is 0.219 e. The van der Waals surface area contributed by atoms with Crippen LogP contribution in [0.2, 0.25) is 0 Å². The van der Waals surface area contributed by atoms with Gasteiger partial charge in [-0.1, -0.05) is 0 Å². The Labute approximate surface area is 94.2 Å². The van der Waals surface area contributed by atoms with Gasteiger partial charge in [-0.25, -0.2) is 0 Å². The lowest BCUT2D eigenvalue weighted by Gasteiger charge is -2.31. The highest BCUT2D eigenvalue weighted by Crippen LogP contribution is 2.28. The summed E-state index contributed by atoms with van der Waals surface area (Å²) in [5.41, 5.74) is 0. The summed E-state index contributed by atoms with van der Waals surface area (Å²) in [5, 5.41) is 12.4. The number of methoxy groups -OCH3 is 2. The molecule has 0 bridgehead atoms. The standard InChI is InChI=1S/C10H17NO5/c1-7(12)11-6-8(13)10(15-3)5-4-9(14-2)16-10/h4-5,8-9,13H,6H2,1-3H3,(H,11,12). The van der Waals surface area contributed by atoms with Gasteiger partial charge in [-0.05, 0) is 12.2 Å². The van der Waals surface area contributed by atoms with Crippen molar-refractivity contribution < 1.29 is 24.1 Å². The third-order valence-corrected chi connectivity index (χ3v) is 2.35. The van der Waals surface area contributed by atoms with Crippen molar-refractivity contribution in [3.8, 4) is 0 Å². The van der Waals surface area contributed by atoms with Crippen LogP contribution in [0.5, 0.6) is 0 Å². The van der Waals surface area contributed by atoms with E-state index in [-0.39, 0.29) is 12.5 Å². The Kier molecular flexibility index (Phi) is 4.43. The number of aliphatic hydroxyl groups is 1. The molecule has 0 aliphatic carbocycles. The average molecular weight is 231 g/mol. The lowest BCUT2D eigenvalue weighted by molar-refractivity contribution is -0.277. The van der Waals surface area contributed by atoms with Gasteiger partial charge < -0.3 is 24.6 Å². The molecule has 92 valence electrons. The Morgan fingerprint density at radius 3 is 2.81 bits per heavy atom. The number of carbonyl (C=O) groups is 1. The van der Waals surface area contributed by atoms with Crippen LogP contribution < -0.4 is 5.32 Å². The Morgan fingerprint density at radius 1 is 1.69 bits per heavy atom. The molecule has 1 aliphatic heterocycles. The zero-order valence-corrected chi connectivity index (χ0v) is 9.60. The van der Waals surface area contributed by atoms with Crippen LogP contribution in [0.1, 0.15) is 6.92 Å². The third kappa shape index (κ3) is 2.79. The summed E-state index contributed by atoms with van der Waals surface area (Å²) in [6, 6.07) is 0. The largest absolute Gasteiger partial charge is 0.385 e. The van der Waals surface area contributed by atoms with Gasteiger partial charge in [-0.2, -0.15) is 0 Å². The molecule has 0 saturated carbocycles. The monoisotopic (exact) mass is 231 g/mol. The zero-order chi connectivity index (χ0) is 12.2. The van der Waals surface area contributed by atoms with Crippen LogP contribution in [0.4, 0.5) is 0 Å². The number of carbonyl (C=O) groups excluding carboxylic acids is 1. The van der Waals surface area contributed by atoms with Gasteiger partial charge in [0.25, 0.3) is 0 Å². The molecule has 0 fully saturated rings. The van der Waals surface area contributed by atoms with Crippen molar-refractivity contribution in [1.82, 2.24) is 5.32 Å². The SMILES string of the molecule is COC1C=CC(OC)(C(O)CNC(C)=O)O1. The van der Waals surface area contributed by atoms with Gasteiger partial charge in [0.1, 0.15) is 6.10 Å². The quantitative estimate of drug-likeness (QED) is 0.617.